The molecule has 2 aliphatic rings. The number of hydrogen-bond donors (Lipinski definition) is 3. The zero-order chi connectivity index (χ0) is 22.1. The summed E-state index contributed by atoms with van der Waals surface area (Å²) in [5, 5.41) is 15.8. The Morgan fingerprint density at radius 2 is 1.86 bits per heavy atom. The topological polar surface area (TPSA) is 98.7 Å². The summed E-state index contributed by atoms with van der Waals surface area (Å²) in [6.07, 6.45) is 4.63. The Kier molecular flexibility index (Phi) is 7.14. The molecule has 0 bridgehead atoms. The smallest absolute Gasteiger partial charge is 0.243 e. The normalized spacial score (nSPS) is 31.2. The molecule has 2 rings (SSSR count). The largest absolute Gasteiger partial charge is 0.394 e. The molecule has 29 heavy (non-hydrogen) atoms. The average Bonchev–Trinajstić information content (AvgIpc) is 2.93. The summed E-state index contributed by atoms with van der Waals surface area (Å²) >= 11 is 0. The van der Waals surface area contributed by atoms with E-state index in [2.05, 4.69) is 10.6 Å². The molecule has 0 radical (unpaired) electrons. The first-order valence-corrected chi connectivity index (χ1v) is 10.6. The maximum Gasteiger partial charge on any atom is 0.243 e. The van der Waals surface area contributed by atoms with E-state index in [0.717, 1.165) is 6.42 Å². The summed E-state index contributed by atoms with van der Waals surface area (Å²) < 4.78 is 0. The molecule has 1 fully saturated rings. The molecule has 7 nitrogen and oxygen atoms in total. The third-order valence-electron chi connectivity index (χ3n) is 6.37. The third-order valence-corrected chi connectivity index (χ3v) is 6.37. The van der Waals surface area contributed by atoms with Crippen molar-refractivity contribution in [3.63, 3.8) is 0 Å². The van der Waals surface area contributed by atoms with Gasteiger partial charge >= 0.3 is 0 Å². The van der Waals surface area contributed by atoms with Gasteiger partial charge in [0.05, 0.1) is 24.5 Å². The van der Waals surface area contributed by atoms with E-state index in [1.165, 1.54) is 0 Å². The molecule has 0 aromatic heterocycles. The number of aliphatic hydroxyl groups excluding tert-OH is 1. The van der Waals surface area contributed by atoms with Crippen molar-refractivity contribution in [2.45, 2.75) is 65.6 Å². The van der Waals surface area contributed by atoms with Crippen LogP contribution < -0.4 is 10.6 Å². The van der Waals surface area contributed by atoms with Crippen molar-refractivity contribution in [3.05, 3.63) is 12.2 Å². The lowest BCUT2D eigenvalue weighted by atomic mass is 9.70. The SMILES string of the molecule is CC[C@H](C)[C@H](CO)N1C(=O)[C@@H]2[C@H](C=C[C@@H](C)[C@H]2C(=O)NC)[C@H]1C(=O)NC(C)(C)C. The lowest BCUT2D eigenvalue weighted by Crippen LogP contribution is -2.56. The molecule has 1 heterocycles. The Morgan fingerprint density at radius 1 is 1.24 bits per heavy atom. The van der Waals surface area contributed by atoms with E-state index in [0.29, 0.717) is 0 Å². The molecule has 7 heteroatoms. The molecule has 1 aliphatic heterocycles. The van der Waals surface area contributed by atoms with Gasteiger partial charge in [0.2, 0.25) is 17.7 Å². The molecule has 1 aliphatic carbocycles. The van der Waals surface area contributed by atoms with Gasteiger partial charge in [-0.25, -0.2) is 0 Å². The number of nitrogens with zero attached hydrogens (tertiary/aromatic N) is 1. The van der Waals surface area contributed by atoms with Crippen LogP contribution in [0.25, 0.3) is 0 Å². The van der Waals surface area contributed by atoms with Crippen LogP contribution in [-0.4, -0.2) is 59.0 Å². The summed E-state index contributed by atoms with van der Waals surface area (Å²) in [5.74, 6) is -2.27. The number of allylic oxidation sites excluding steroid dienone is 1. The van der Waals surface area contributed by atoms with Gasteiger partial charge < -0.3 is 20.6 Å². The van der Waals surface area contributed by atoms with Crippen LogP contribution in [-0.2, 0) is 14.4 Å². The van der Waals surface area contributed by atoms with Gasteiger partial charge in [-0.1, -0.05) is 39.3 Å². The van der Waals surface area contributed by atoms with Crippen molar-refractivity contribution in [2.75, 3.05) is 13.7 Å². The van der Waals surface area contributed by atoms with Crippen molar-refractivity contribution in [1.82, 2.24) is 15.5 Å². The van der Waals surface area contributed by atoms with E-state index >= 15 is 0 Å². The molecule has 0 aromatic carbocycles. The highest BCUT2D eigenvalue weighted by Crippen LogP contribution is 2.45. The Hall–Kier alpha value is -1.89. The van der Waals surface area contributed by atoms with Gasteiger partial charge in [-0.05, 0) is 32.6 Å². The van der Waals surface area contributed by atoms with E-state index in [-0.39, 0.29) is 36.2 Å². The molecule has 3 N–H and O–H groups in total. The number of nitrogens with one attached hydrogen (secondary N) is 2. The predicted molar refractivity (Wildman–Crippen MR) is 112 cm³/mol. The molecule has 0 saturated carbocycles. The molecular formula is C22H37N3O4. The molecular weight excluding hydrogens is 370 g/mol. The van der Waals surface area contributed by atoms with Crippen LogP contribution in [0, 0.1) is 29.6 Å². The van der Waals surface area contributed by atoms with Crippen LogP contribution in [0.3, 0.4) is 0 Å². The minimum absolute atomic E-state index is 0.0221. The van der Waals surface area contributed by atoms with Crippen LogP contribution in [0.2, 0.25) is 0 Å². The fourth-order valence-electron chi connectivity index (χ4n) is 4.72. The molecule has 1 saturated heterocycles. The number of carbonyl (C=O) groups excluding carboxylic acids is 3. The maximum absolute atomic E-state index is 13.6. The van der Waals surface area contributed by atoms with Gasteiger partial charge in [-0.3, -0.25) is 14.4 Å². The summed E-state index contributed by atoms with van der Waals surface area (Å²) in [4.78, 5) is 41.2. The van der Waals surface area contributed by atoms with Crippen LogP contribution in [0.1, 0.15) is 48.0 Å². The van der Waals surface area contributed by atoms with Crippen molar-refractivity contribution in [1.29, 1.82) is 0 Å². The number of aliphatic hydroxyl groups is 1. The predicted octanol–water partition coefficient (Wildman–Crippen LogP) is 1.32. The lowest BCUT2D eigenvalue weighted by molar-refractivity contribution is -0.144. The Labute approximate surface area is 174 Å². The van der Waals surface area contributed by atoms with Crippen LogP contribution in [0.5, 0.6) is 0 Å². The van der Waals surface area contributed by atoms with Crippen molar-refractivity contribution >= 4 is 17.7 Å². The molecule has 0 aromatic rings. The standard InChI is InChI=1S/C22H37N3O4/c1-8-12(2)15(11-26)25-18(20(28)24-22(4,5)6)14-10-9-13(3)16(19(27)23-7)17(14)21(25)29/h9-10,12-18,26H,8,11H2,1-7H3,(H,23,27)(H,24,28)/t12-,13+,14-,15-,16+,17+,18-/m0/s1. The second-order valence-corrected chi connectivity index (χ2v) is 9.55. The number of hydrogen-bond acceptors (Lipinski definition) is 4. The zero-order valence-electron chi connectivity index (χ0n) is 18.7. The summed E-state index contributed by atoms with van der Waals surface area (Å²) in [6.45, 7) is 11.4. The first-order chi connectivity index (χ1) is 13.5. The van der Waals surface area contributed by atoms with E-state index in [1.54, 1.807) is 11.9 Å². The number of amides is 3. The fraction of sp³-hybridized carbons (Fsp3) is 0.773. The summed E-state index contributed by atoms with van der Waals surface area (Å²) in [7, 11) is 1.57. The van der Waals surface area contributed by atoms with E-state index in [1.807, 2.05) is 53.7 Å². The second-order valence-electron chi connectivity index (χ2n) is 9.55. The minimum Gasteiger partial charge on any atom is -0.394 e. The van der Waals surface area contributed by atoms with Gasteiger partial charge in [0.1, 0.15) is 6.04 Å². The Morgan fingerprint density at radius 3 is 2.34 bits per heavy atom. The van der Waals surface area contributed by atoms with E-state index in [9.17, 15) is 19.5 Å². The van der Waals surface area contributed by atoms with E-state index < -0.39 is 35.4 Å². The monoisotopic (exact) mass is 407 g/mol. The molecule has 0 unspecified atom stereocenters. The molecule has 3 amide bonds. The van der Waals surface area contributed by atoms with Gasteiger partial charge in [-0.15, -0.1) is 0 Å². The van der Waals surface area contributed by atoms with E-state index in [4.69, 9.17) is 0 Å². The van der Waals surface area contributed by atoms with Gasteiger partial charge in [-0.2, -0.15) is 0 Å². The number of carbonyl (C=O) groups is 3. The number of likely N-dealkylation sites (tertiary alicyclic amines) is 1. The van der Waals surface area contributed by atoms with Gasteiger partial charge in [0.15, 0.2) is 0 Å². The molecule has 164 valence electrons. The van der Waals surface area contributed by atoms with Crippen LogP contribution in [0.15, 0.2) is 12.2 Å². The summed E-state index contributed by atoms with van der Waals surface area (Å²) in [5.41, 5.74) is -0.458. The number of fused-ring (bicyclic) bond motifs is 1. The van der Waals surface area contributed by atoms with Crippen molar-refractivity contribution in [2.24, 2.45) is 29.6 Å². The molecule has 7 atom stereocenters. The first-order valence-electron chi connectivity index (χ1n) is 10.6. The highest BCUT2D eigenvalue weighted by Gasteiger charge is 2.58. The maximum atomic E-state index is 13.6. The minimum atomic E-state index is -0.742. The highest BCUT2D eigenvalue weighted by atomic mass is 16.3. The highest BCUT2D eigenvalue weighted by molar-refractivity contribution is 5.97. The number of rotatable bonds is 6. The zero-order valence-corrected chi connectivity index (χ0v) is 18.7. The average molecular weight is 408 g/mol. The molecule has 0 spiro atoms. The Balaban J connectivity index is 2.56. The van der Waals surface area contributed by atoms with Crippen molar-refractivity contribution in [3.8, 4) is 0 Å². The van der Waals surface area contributed by atoms with Crippen LogP contribution >= 0.6 is 0 Å². The second kappa shape index (κ2) is 8.86. The van der Waals surface area contributed by atoms with Gasteiger partial charge in [0, 0.05) is 18.5 Å². The lowest BCUT2D eigenvalue weighted by Gasteiger charge is -2.37. The quantitative estimate of drug-likeness (QED) is 0.578. The fourth-order valence-corrected chi connectivity index (χ4v) is 4.72. The van der Waals surface area contributed by atoms with Crippen LogP contribution in [0.4, 0.5) is 0 Å². The third kappa shape index (κ3) is 4.49. The van der Waals surface area contributed by atoms with Gasteiger partial charge in [0.25, 0.3) is 0 Å². The Bertz CT molecular complexity index is 669. The summed E-state index contributed by atoms with van der Waals surface area (Å²) in [6, 6.07) is -1.21. The van der Waals surface area contributed by atoms with Crippen molar-refractivity contribution < 1.29 is 19.5 Å². The first kappa shape index (κ1) is 23.4.